The minimum absolute atomic E-state index is 0.0378. The summed E-state index contributed by atoms with van der Waals surface area (Å²) < 4.78 is 29.4. The van der Waals surface area contributed by atoms with Crippen molar-refractivity contribution >= 4 is 15.9 Å². The Hall–Kier alpha value is -2.45. The molecule has 3 rings (SSSR count). The molecule has 2 atom stereocenters. The smallest absolute Gasteiger partial charge is 0.243 e. The van der Waals surface area contributed by atoms with Crippen molar-refractivity contribution in [3.63, 3.8) is 0 Å². The summed E-state index contributed by atoms with van der Waals surface area (Å²) in [5, 5.41) is 6.99. The van der Waals surface area contributed by atoms with Crippen LogP contribution in [0.15, 0.2) is 54.1 Å². The molecule has 1 fully saturated rings. The van der Waals surface area contributed by atoms with E-state index >= 15 is 0 Å². The number of aromatic nitrogens is 2. The molecule has 0 spiro atoms. The van der Waals surface area contributed by atoms with Gasteiger partial charge in [-0.25, -0.2) is 8.42 Å². The van der Waals surface area contributed by atoms with Crippen LogP contribution in [0.5, 0.6) is 0 Å². The lowest BCUT2D eigenvalue weighted by Gasteiger charge is -2.36. The van der Waals surface area contributed by atoms with Gasteiger partial charge in [-0.05, 0) is 49.6 Å². The molecule has 0 saturated carbocycles. The van der Waals surface area contributed by atoms with Crippen LogP contribution < -0.4 is 5.32 Å². The molecule has 2 unspecified atom stereocenters. The molecule has 7 nitrogen and oxygen atoms in total. The van der Waals surface area contributed by atoms with Gasteiger partial charge in [0.2, 0.25) is 15.9 Å². The Morgan fingerprint density at radius 2 is 2.00 bits per heavy atom. The van der Waals surface area contributed by atoms with Crippen molar-refractivity contribution < 1.29 is 13.2 Å². The van der Waals surface area contributed by atoms with Gasteiger partial charge in [-0.1, -0.05) is 18.7 Å². The zero-order valence-electron chi connectivity index (χ0n) is 15.5. The van der Waals surface area contributed by atoms with E-state index in [1.54, 1.807) is 35.1 Å². The van der Waals surface area contributed by atoms with Crippen molar-refractivity contribution in [3.05, 3.63) is 49.2 Å². The van der Waals surface area contributed by atoms with Crippen LogP contribution in [0, 0.1) is 0 Å². The van der Waals surface area contributed by atoms with Gasteiger partial charge < -0.3 is 5.32 Å². The normalized spacial score (nSPS) is 21.0. The first-order valence-corrected chi connectivity index (χ1v) is 10.3. The first-order valence-electron chi connectivity index (χ1n) is 8.86. The summed E-state index contributed by atoms with van der Waals surface area (Å²) in [7, 11) is -1.74. The maximum absolute atomic E-state index is 13.1. The van der Waals surface area contributed by atoms with Crippen LogP contribution in [0.4, 0.5) is 0 Å². The molecule has 0 aliphatic carbocycles. The van der Waals surface area contributed by atoms with Crippen LogP contribution in [0.1, 0.15) is 19.8 Å². The molecule has 1 saturated heterocycles. The van der Waals surface area contributed by atoms with Crippen molar-refractivity contribution in [1.82, 2.24) is 19.4 Å². The Morgan fingerprint density at radius 1 is 1.30 bits per heavy atom. The molecule has 144 valence electrons. The lowest BCUT2D eigenvalue weighted by atomic mass is 10.0. The number of carbonyl (C=O) groups excluding carboxylic acids is 1. The van der Waals surface area contributed by atoms with E-state index in [4.69, 9.17) is 0 Å². The highest BCUT2D eigenvalue weighted by atomic mass is 32.2. The van der Waals surface area contributed by atoms with Crippen molar-refractivity contribution in [3.8, 4) is 11.3 Å². The van der Waals surface area contributed by atoms with Crippen LogP contribution in [0.2, 0.25) is 0 Å². The summed E-state index contributed by atoms with van der Waals surface area (Å²) in [5.41, 5.74) is 1.83. The van der Waals surface area contributed by atoms with Gasteiger partial charge >= 0.3 is 0 Å². The van der Waals surface area contributed by atoms with Crippen molar-refractivity contribution in [2.24, 2.45) is 7.05 Å². The third-order valence-corrected chi connectivity index (χ3v) is 6.95. The minimum atomic E-state index is -3.59. The van der Waals surface area contributed by atoms with E-state index in [2.05, 4.69) is 17.0 Å². The summed E-state index contributed by atoms with van der Waals surface area (Å²) in [5.74, 6) is -0.228. The molecule has 27 heavy (non-hydrogen) atoms. The monoisotopic (exact) mass is 388 g/mol. The summed E-state index contributed by atoms with van der Waals surface area (Å²) >= 11 is 0. The topological polar surface area (TPSA) is 84.3 Å². The third-order valence-electron chi connectivity index (χ3n) is 4.92. The van der Waals surface area contributed by atoms with E-state index in [9.17, 15) is 13.2 Å². The predicted molar refractivity (Wildman–Crippen MR) is 103 cm³/mol. The predicted octanol–water partition coefficient (Wildman–Crippen LogP) is 1.93. The number of hydrogen-bond donors (Lipinski definition) is 1. The van der Waals surface area contributed by atoms with Gasteiger partial charge in [-0.15, -0.1) is 0 Å². The first-order chi connectivity index (χ1) is 12.8. The van der Waals surface area contributed by atoms with Gasteiger partial charge in [0, 0.05) is 31.9 Å². The van der Waals surface area contributed by atoms with Crippen LogP contribution in [-0.2, 0) is 21.9 Å². The number of sulfonamides is 1. The number of nitrogens with one attached hydrogen (secondary N) is 1. The second-order valence-electron chi connectivity index (χ2n) is 6.76. The third kappa shape index (κ3) is 3.96. The molecule has 1 N–H and O–H groups in total. The molecular weight excluding hydrogens is 364 g/mol. The van der Waals surface area contributed by atoms with Crippen LogP contribution >= 0.6 is 0 Å². The second kappa shape index (κ2) is 7.66. The zero-order valence-corrected chi connectivity index (χ0v) is 16.3. The molecule has 0 radical (unpaired) electrons. The molecule has 1 aliphatic heterocycles. The zero-order chi connectivity index (χ0) is 19.6. The van der Waals surface area contributed by atoms with E-state index in [-0.39, 0.29) is 22.9 Å². The average molecular weight is 388 g/mol. The van der Waals surface area contributed by atoms with Gasteiger partial charge in [0.15, 0.2) is 0 Å². The largest absolute Gasteiger partial charge is 0.350 e. The van der Waals surface area contributed by atoms with E-state index in [0.29, 0.717) is 19.4 Å². The number of benzene rings is 1. The first kappa shape index (κ1) is 19.3. The molecule has 1 aromatic carbocycles. The molecular formula is C19H24N4O3S. The Balaban J connectivity index is 1.75. The highest BCUT2D eigenvalue weighted by molar-refractivity contribution is 7.89. The lowest BCUT2D eigenvalue weighted by molar-refractivity contribution is -0.117. The SMILES string of the molecule is C=CC(=O)NC1CCN(S(=O)(=O)c2ccc(-c3ccnn3C)cc2)C(C)C1. The maximum atomic E-state index is 13.1. The summed E-state index contributed by atoms with van der Waals surface area (Å²) in [4.78, 5) is 11.7. The molecule has 1 aromatic heterocycles. The van der Waals surface area contributed by atoms with Crippen LogP contribution in [0.3, 0.4) is 0 Å². The van der Waals surface area contributed by atoms with E-state index in [1.807, 2.05) is 20.0 Å². The minimum Gasteiger partial charge on any atom is -0.350 e. The quantitative estimate of drug-likeness (QED) is 0.794. The summed E-state index contributed by atoms with van der Waals surface area (Å²) in [6.07, 6.45) is 4.09. The number of nitrogens with zero attached hydrogens (tertiary/aromatic N) is 3. The number of amides is 1. The van der Waals surface area contributed by atoms with Gasteiger partial charge in [0.05, 0.1) is 10.6 Å². The highest BCUT2D eigenvalue weighted by Crippen LogP contribution is 2.27. The van der Waals surface area contributed by atoms with Gasteiger partial charge in [0.25, 0.3) is 0 Å². The van der Waals surface area contributed by atoms with E-state index < -0.39 is 10.0 Å². The molecule has 0 bridgehead atoms. The molecule has 1 aliphatic rings. The average Bonchev–Trinajstić information content (AvgIpc) is 3.07. The van der Waals surface area contributed by atoms with Gasteiger partial charge in [0.1, 0.15) is 0 Å². The Morgan fingerprint density at radius 3 is 2.56 bits per heavy atom. The number of carbonyl (C=O) groups is 1. The second-order valence-corrected chi connectivity index (χ2v) is 8.65. The standard InChI is InChI=1S/C19H24N4O3S/c1-4-19(24)21-16-10-12-23(14(2)13-16)27(25,26)17-7-5-15(6-8-17)18-9-11-20-22(18)3/h4-9,11,14,16H,1,10,12-13H2,2-3H3,(H,21,24). The molecule has 2 aromatic rings. The Bertz CT molecular complexity index is 934. The van der Waals surface area contributed by atoms with Crippen molar-refractivity contribution in [1.29, 1.82) is 0 Å². The van der Waals surface area contributed by atoms with E-state index in [0.717, 1.165) is 11.3 Å². The fraction of sp³-hybridized carbons (Fsp3) is 0.368. The van der Waals surface area contributed by atoms with Crippen molar-refractivity contribution in [2.45, 2.75) is 36.7 Å². The Labute approximate surface area is 159 Å². The lowest BCUT2D eigenvalue weighted by Crippen LogP contribution is -2.50. The highest BCUT2D eigenvalue weighted by Gasteiger charge is 2.34. The fourth-order valence-corrected chi connectivity index (χ4v) is 5.15. The number of piperidine rings is 1. The summed E-state index contributed by atoms with van der Waals surface area (Å²) in [6, 6.07) is 8.51. The number of rotatable bonds is 5. The fourth-order valence-electron chi connectivity index (χ4n) is 3.49. The van der Waals surface area contributed by atoms with Crippen molar-refractivity contribution in [2.75, 3.05) is 6.54 Å². The molecule has 8 heteroatoms. The Kier molecular flexibility index (Phi) is 5.48. The van der Waals surface area contributed by atoms with E-state index in [1.165, 1.54) is 10.4 Å². The van der Waals surface area contributed by atoms with Crippen LogP contribution in [0.25, 0.3) is 11.3 Å². The van der Waals surface area contributed by atoms with Crippen LogP contribution in [-0.4, -0.2) is 47.0 Å². The number of aryl methyl sites for hydroxylation is 1. The maximum Gasteiger partial charge on any atom is 0.243 e. The number of hydrogen-bond acceptors (Lipinski definition) is 4. The molecule has 1 amide bonds. The van der Waals surface area contributed by atoms with Gasteiger partial charge in [-0.3, -0.25) is 9.48 Å². The van der Waals surface area contributed by atoms with Gasteiger partial charge in [-0.2, -0.15) is 9.40 Å². The molecule has 2 heterocycles. The summed E-state index contributed by atoms with van der Waals surface area (Å²) in [6.45, 7) is 5.69.